The average Bonchev–Trinajstić information content (AvgIpc) is 2.96. The first-order valence-corrected chi connectivity index (χ1v) is 6.18. The summed E-state index contributed by atoms with van der Waals surface area (Å²) in [5.41, 5.74) is 1.55. The molecular formula is C11H9N3O2S. The van der Waals surface area contributed by atoms with Crippen molar-refractivity contribution in [2.45, 2.75) is 0 Å². The number of hydrogen-bond acceptors (Lipinski definition) is 4. The van der Waals surface area contributed by atoms with Crippen molar-refractivity contribution in [3.8, 4) is 0 Å². The lowest BCUT2D eigenvalue weighted by molar-refractivity contribution is -0.383. The number of aromatic amines is 1. The fraction of sp³-hybridized carbons (Fsp3) is 0.182. The van der Waals surface area contributed by atoms with Crippen molar-refractivity contribution in [1.82, 2.24) is 4.98 Å². The van der Waals surface area contributed by atoms with E-state index in [1.165, 1.54) is 6.07 Å². The Hall–Kier alpha value is -1.82. The number of nitro benzene ring substituents is 1. The van der Waals surface area contributed by atoms with Crippen LogP contribution in [-0.4, -0.2) is 27.2 Å². The van der Waals surface area contributed by atoms with Crippen LogP contribution in [0.2, 0.25) is 0 Å². The van der Waals surface area contributed by atoms with E-state index < -0.39 is 0 Å². The second-order valence-electron chi connectivity index (χ2n) is 3.72. The first-order chi connectivity index (χ1) is 8.25. The van der Waals surface area contributed by atoms with Crippen LogP contribution < -0.4 is 0 Å². The van der Waals surface area contributed by atoms with Gasteiger partial charge < -0.3 is 4.98 Å². The standard InChI is InChI=1S/C11H9N3O2S/c15-14(16)9-3-1-2-7-6-8(13-10(7)9)11-12-4-5-17-11/h1-3,6,13H,4-5H2. The third kappa shape index (κ3) is 1.70. The summed E-state index contributed by atoms with van der Waals surface area (Å²) >= 11 is 1.67. The average molecular weight is 247 g/mol. The summed E-state index contributed by atoms with van der Waals surface area (Å²) in [6.07, 6.45) is 0. The van der Waals surface area contributed by atoms with E-state index in [0.29, 0.717) is 5.52 Å². The summed E-state index contributed by atoms with van der Waals surface area (Å²) in [4.78, 5) is 18.0. The van der Waals surface area contributed by atoms with Crippen molar-refractivity contribution in [3.63, 3.8) is 0 Å². The number of hydrogen-bond donors (Lipinski definition) is 1. The quantitative estimate of drug-likeness (QED) is 0.654. The highest BCUT2D eigenvalue weighted by Crippen LogP contribution is 2.28. The molecule has 86 valence electrons. The van der Waals surface area contributed by atoms with Gasteiger partial charge in [0.2, 0.25) is 0 Å². The molecule has 0 amide bonds. The number of nitro groups is 1. The van der Waals surface area contributed by atoms with Crippen molar-refractivity contribution in [2.24, 2.45) is 4.99 Å². The maximum Gasteiger partial charge on any atom is 0.293 e. The second kappa shape index (κ2) is 3.89. The summed E-state index contributed by atoms with van der Waals surface area (Å²) in [5.74, 6) is 0.979. The van der Waals surface area contributed by atoms with Crippen LogP contribution in [0.5, 0.6) is 0 Å². The third-order valence-corrected chi connectivity index (χ3v) is 3.66. The number of nitrogens with zero attached hydrogens (tertiary/aromatic N) is 2. The Morgan fingerprint density at radius 3 is 3.06 bits per heavy atom. The highest BCUT2D eigenvalue weighted by molar-refractivity contribution is 8.14. The van der Waals surface area contributed by atoms with Gasteiger partial charge in [0, 0.05) is 23.8 Å². The normalized spacial score (nSPS) is 15.2. The molecule has 0 saturated heterocycles. The molecule has 5 nitrogen and oxygen atoms in total. The Labute approximate surface area is 101 Å². The summed E-state index contributed by atoms with van der Waals surface area (Å²) in [6, 6.07) is 6.98. The molecule has 6 heteroatoms. The topological polar surface area (TPSA) is 71.3 Å². The molecule has 17 heavy (non-hydrogen) atoms. The number of thioether (sulfide) groups is 1. The number of aliphatic imine (C=N–C) groups is 1. The van der Waals surface area contributed by atoms with Crippen LogP contribution in [0.3, 0.4) is 0 Å². The maximum atomic E-state index is 10.9. The van der Waals surface area contributed by atoms with Crippen molar-refractivity contribution in [2.75, 3.05) is 12.3 Å². The van der Waals surface area contributed by atoms with E-state index >= 15 is 0 Å². The van der Waals surface area contributed by atoms with Gasteiger partial charge in [-0.05, 0) is 6.07 Å². The molecule has 1 aromatic carbocycles. The van der Waals surface area contributed by atoms with E-state index in [1.807, 2.05) is 12.1 Å². The van der Waals surface area contributed by atoms with E-state index in [-0.39, 0.29) is 10.6 Å². The minimum absolute atomic E-state index is 0.109. The molecule has 0 bridgehead atoms. The maximum absolute atomic E-state index is 10.9. The smallest absolute Gasteiger partial charge is 0.293 e. The molecule has 1 aliphatic rings. The SMILES string of the molecule is O=[N+]([O-])c1cccc2cc(C3=NCCS3)[nH]c12. The van der Waals surface area contributed by atoms with Crippen LogP contribution in [0.15, 0.2) is 29.3 Å². The number of nitrogens with one attached hydrogen (secondary N) is 1. The van der Waals surface area contributed by atoms with Gasteiger partial charge in [0.25, 0.3) is 5.69 Å². The number of non-ortho nitro benzene ring substituents is 1. The fourth-order valence-electron chi connectivity index (χ4n) is 1.91. The van der Waals surface area contributed by atoms with E-state index in [1.54, 1.807) is 17.8 Å². The largest absolute Gasteiger partial charge is 0.347 e. The molecule has 0 radical (unpaired) electrons. The second-order valence-corrected chi connectivity index (χ2v) is 4.80. The molecule has 1 N–H and O–H groups in total. The molecule has 0 atom stereocenters. The van der Waals surface area contributed by atoms with Gasteiger partial charge in [0.05, 0.1) is 10.6 Å². The van der Waals surface area contributed by atoms with Gasteiger partial charge in [-0.25, -0.2) is 0 Å². The van der Waals surface area contributed by atoms with Crippen molar-refractivity contribution < 1.29 is 4.92 Å². The van der Waals surface area contributed by atoms with Gasteiger partial charge >= 0.3 is 0 Å². The molecule has 2 aromatic rings. The lowest BCUT2D eigenvalue weighted by atomic mass is 10.2. The molecule has 2 heterocycles. The van der Waals surface area contributed by atoms with E-state index in [2.05, 4.69) is 9.98 Å². The van der Waals surface area contributed by atoms with Crippen LogP contribution in [0.25, 0.3) is 10.9 Å². The minimum atomic E-state index is -0.369. The fourth-order valence-corrected chi connectivity index (χ4v) is 2.73. The third-order valence-electron chi connectivity index (χ3n) is 2.65. The zero-order valence-corrected chi connectivity index (χ0v) is 9.66. The molecular weight excluding hydrogens is 238 g/mol. The highest BCUT2D eigenvalue weighted by atomic mass is 32.2. The summed E-state index contributed by atoms with van der Waals surface area (Å²) in [7, 11) is 0. The van der Waals surface area contributed by atoms with Gasteiger partial charge in [-0.1, -0.05) is 12.1 Å². The van der Waals surface area contributed by atoms with E-state index in [4.69, 9.17) is 0 Å². The number of rotatable bonds is 2. The number of benzene rings is 1. The van der Waals surface area contributed by atoms with Crippen LogP contribution >= 0.6 is 11.8 Å². The number of aromatic nitrogens is 1. The molecule has 0 saturated carbocycles. The van der Waals surface area contributed by atoms with E-state index in [9.17, 15) is 10.1 Å². The minimum Gasteiger partial charge on any atom is -0.347 e. The Kier molecular flexibility index (Phi) is 2.36. The Balaban J connectivity index is 2.18. The molecule has 1 aromatic heterocycles. The zero-order valence-electron chi connectivity index (χ0n) is 8.84. The molecule has 3 rings (SSSR count). The zero-order chi connectivity index (χ0) is 11.8. The molecule has 1 aliphatic heterocycles. The first kappa shape index (κ1) is 10.3. The van der Waals surface area contributed by atoms with Crippen LogP contribution in [0, 0.1) is 10.1 Å². The Bertz CT molecular complexity index is 633. The molecule has 0 fully saturated rings. The summed E-state index contributed by atoms with van der Waals surface area (Å²) in [5, 5.41) is 12.7. The van der Waals surface area contributed by atoms with E-state index in [0.717, 1.165) is 28.4 Å². The van der Waals surface area contributed by atoms with Gasteiger partial charge in [-0.15, -0.1) is 11.8 Å². The first-order valence-electron chi connectivity index (χ1n) is 5.19. The monoisotopic (exact) mass is 247 g/mol. The Morgan fingerprint density at radius 2 is 2.35 bits per heavy atom. The van der Waals surface area contributed by atoms with Gasteiger partial charge in [0.15, 0.2) is 0 Å². The lowest BCUT2D eigenvalue weighted by Gasteiger charge is -1.94. The summed E-state index contributed by atoms with van der Waals surface area (Å²) < 4.78 is 0. The van der Waals surface area contributed by atoms with Gasteiger partial charge in [-0.3, -0.25) is 15.1 Å². The highest BCUT2D eigenvalue weighted by Gasteiger charge is 2.17. The summed E-state index contributed by atoms with van der Waals surface area (Å²) in [6.45, 7) is 0.817. The number of para-hydroxylation sites is 1. The Morgan fingerprint density at radius 1 is 1.47 bits per heavy atom. The van der Waals surface area contributed by atoms with Gasteiger partial charge in [-0.2, -0.15) is 0 Å². The molecule has 0 aliphatic carbocycles. The predicted octanol–water partition coefficient (Wildman–Crippen LogP) is 2.57. The number of H-pyrrole nitrogens is 1. The van der Waals surface area contributed by atoms with Crippen LogP contribution in [-0.2, 0) is 0 Å². The molecule has 0 spiro atoms. The van der Waals surface area contributed by atoms with Crippen molar-refractivity contribution >= 4 is 33.4 Å². The molecule has 0 unspecified atom stereocenters. The number of fused-ring (bicyclic) bond motifs is 1. The predicted molar refractivity (Wildman–Crippen MR) is 68.8 cm³/mol. The van der Waals surface area contributed by atoms with Crippen LogP contribution in [0.4, 0.5) is 5.69 Å². The van der Waals surface area contributed by atoms with Gasteiger partial charge in [0.1, 0.15) is 10.6 Å². The van der Waals surface area contributed by atoms with Crippen molar-refractivity contribution in [1.29, 1.82) is 0 Å². The van der Waals surface area contributed by atoms with Crippen LogP contribution in [0.1, 0.15) is 5.69 Å². The van der Waals surface area contributed by atoms with Crippen molar-refractivity contribution in [3.05, 3.63) is 40.1 Å². The lowest BCUT2D eigenvalue weighted by Crippen LogP contribution is -1.92.